The average molecular weight is 408 g/mol. The SMILES string of the molecule is COc1ccc(NC(=O)CSc2nnc(-c3ccco3)c(-c3ccco3)n2)cc1. The van der Waals surface area contributed by atoms with Crippen molar-refractivity contribution in [2.75, 3.05) is 18.2 Å². The normalized spacial score (nSPS) is 10.7. The molecule has 0 spiro atoms. The second-order valence-corrected chi connectivity index (χ2v) is 6.75. The highest BCUT2D eigenvalue weighted by molar-refractivity contribution is 7.99. The first-order valence-corrected chi connectivity index (χ1v) is 9.60. The molecule has 1 N–H and O–H groups in total. The number of nitrogens with one attached hydrogen (secondary N) is 1. The van der Waals surface area contributed by atoms with Crippen molar-refractivity contribution in [2.24, 2.45) is 0 Å². The molecular formula is C20H16N4O4S. The molecule has 4 aromatic rings. The van der Waals surface area contributed by atoms with Gasteiger partial charge < -0.3 is 18.9 Å². The Balaban J connectivity index is 1.47. The maximum Gasteiger partial charge on any atom is 0.234 e. The zero-order valence-electron chi connectivity index (χ0n) is 15.4. The molecule has 0 saturated carbocycles. The summed E-state index contributed by atoms with van der Waals surface area (Å²) in [5, 5.41) is 11.5. The zero-order valence-corrected chi connectivity index (χ0v) is 16.2. The lowest BCUT2D eigenvalue weighted by atomic mass is 10.2. The first-order chi connectivity index (χ1) is 14.2. The summed E-state index contributed by atoms with van der Waals surface area (Å²) >= 11 is 1.18. The highest BCUT2D eigenvalue weighted by Gasteiger charge is 2.18. The molecule has 3 heterocycles. The van der Waals surface area contributed by atoms with E-state index in [1.807, 2.05) is 0 Å². The van der Waals surface area contributed by atoms with E-state index in [4.69, 9.17) is 13.6 Å². The average Bonchev–Trinajstić information content (AvgIpc) is 3.47. The van der Waals surface area contributed by atoms with Gasteiger partial charge in [0, 0.05) is 5.69 Å². The summed E-state index contributed by atoms with van der Waals surface area (Å²) < 4.78 is 16.0. The first-order valence-electron chi connectivity index (χ1n) is 8.62. The molecule has 8 nitrogen and oxygen atoms in total. The van der Waals surface area contributed by atoms with E-state index in [1.54, 1.807) is 68.2 Å². The van der Waals surface area contributed by atoms with E-state index in [9.17, 15) is 4.79 Å². The number of methoxy groups -OCH3 is 1. The fraction of sp³-hybridized carbons (Fsp3) is 0.100. The summed E-state index contributed by atoms with van der Waals surface area (Å²) in [7, 11) is 1.59. The van der Waals surface area contributed by atoms with Crippen molar-refractivity contribution >= 4 is 23.4 Å². The second kappa shape index (κ2) is 8.61. The van der Waals surface area contributed by atoms with Crippen LogP contribution in [-0.2, 0) is 4.79 Å². The number of hydrogen-bond donors (Lipinski definition) is 1. The van der Waals surface area contributed by atoms with E-state index < -0.39 is 0 Å². The van der Waals surface area contributed by atoms with Crippen molar-refractivity contribution in [3.8, 4) is 28.7 Å². The van der Waals surface area contributed by atoms with Crippen LogP contribution in [0.25, 0.3) is 22.9 Å². The maximum atomic E-state index is 12.2. The molecule has 0 aliphatic carbocycles. The molecule has 3 aromatic heterocycles. The Hall–Kier alpha value is -3.59. The lowest BCUT2D eigenvalue weighted by Gasteiger charge is -2.07. The predicted octanol–water partition coefficient (Wildman–Crippen LogP) is 4.13. The van der Waals surface area contributed by atoms with Crippen LogP contribution in [0.15, 0.2) is 75.0 Å². The molecule has 9 heteroatoms. The minimum absolute atomic E-state index is 0.130. The molecular weight excluding hydrogens is 392 g/mol. The molecule has 0 saturated heterocycles. The highest BCUT2D eigenvalue weighted by Crippen LogP contribution is 2.30. The largest absolute Gasteiger partial charge is 0.497 e. The number of carbonyl (C=O) groups is 1. The molecule has 0 bridgehead atoms. The Morgan fingerprint density at radius 1 is 1.00 bits per heavy atom. The van der Waals surface area contributed by atoms with E-state index in [1.165, 1.54) is 11.8 Å². The monoisotopic (exact) mass is 408 g/mol. The van der Waals surface area contributed by atoms with Gasteiger partial charge in [-0.2, -0.15) is 0 Å². The minimum atomic E-state index is -0.182. The number of thioether (sulfide) groups is 1. The molecule has 0 aliphatic heterocycles. The lowest BCUT2D eigenvalue weighted by molar-refractivity contribution is -0.113. The van der Waals surface area contributed by atoms with Crippen molar-refractivity contribution in [3.05, 3.63) is 61.1 Å². The quantitative estimate of drug-likeness (QED) is 0.455. The van der Waals surface area contributed by atoms with Crippen molar-refractivity contribution in [3.63, 3.8) is 0 Å². The molecule has 4 rings (SSSR count). The molecule has 29 heavy (non-hydrogen) atoms. The Kier molecular flexibility index (Phi) is 5.57. The number of rotatable bonds is 7. The van der Waals surface area contributed by atoms with Crippen LogP contribution in [0.5, 0.6) is 5.75 Å². The molecule has 0 fully saturated rings. The van der Waals surface area contributed by atoms with Gasteiger partial charge >= 0.3 is 0 Å². The molecule has 0 radical (unpaired) electrons. The maximum absolute atomic E-state index is 12.2. The van der Waals surface area contributed by atoms with Gasteiger partial charge in [-0.05, 0) is 48.5 Å². The van der Waals surface area contributed by atoms with E-state index in [2.05, 4.69) is 20.5 Å². The van der Waals surface area contributed by atoms with E-state index in [-0.39, 0.29) is 11.7 Å². The number of nitrogens with zero attached hydrogens (tertiary/aromatic N) is 3. The van der Waals surface area contributed by atoms with Gasteiger partial charge in [0.05, 0.1) is 25.4 Å². The van der Waals surface area contributed by atoms with Gasteiger partial charge in [0.2, 0.25) is 11.1 Å². The van der Waals surface area contributed by atoms with E-state index in [0.29, 0.717) is 33.8 Å². The Labute approximate surface area is 170 Å². The van der Waals surface area contributed by atoms with E-state index >= 15 is 0 Å². The van der Waals surface area contributed by atoms with Gasteiger partial charge in [0.25, 0.3) is 0 Å². The number of hydrogen-bond acceptors (Lipinski definition) is 8. The third-order valence-corrected chi connectivity index (χ3v) is 4.72. The molecule has 0 unspecified atom stereocenters. The number of amides is 1. The second-order valence-electron chi connectivity index (χ2n) is 5.81. The summed E-state index contributed by atoms with van der Waals surface area (Å²) in [5.41, 5.74) is 1.65. The first kappa shape index (κ1) is 18.8. The van der Waals surface area contributed by atoms with Crippen molar-refractivity contribution in [1.82, 2.24) is 15.2 Å². The van der Waals surface area contributed by atoms with Crippen LogP contribution in [0.1, 0.15) is 0 Å². The summed E-state index contributed by atoms with van der Waals surface area (Å²) in [6, 6.07) is 14.2. The van der Waals surface area contributed by atoms with Crippen LogP contribution >= 0.6 is 11.8 Å². The predicted molar refractivity (Wildman–Crippen MR) is 108 cm³/mol. The molecule has 0 atom stereocenters. The Bertz CT molecular complexity index is 1080. The third kappa shape index (κ3) is 4.46. The fourth-order valence-electron chi connectivity index (χ4n) is 2.54. The van der Waals surface area contributed by atoms with Gasteiger partial charge in [0.15, 0.2) is 17.2 Å². The number of carbonyl (C=O) groups excluding carboxylic acids is 1. The van der Waals surface area contributed by atoms with Gasteiger partial charge in [-0.15, -0.1) is 10.2 Å². The van der Waals surface area contributed by atoms with Gasteiger partial charge in [-0.1, -0.05) is 11.8 Å². The third-order valence-electron chi connectivity index (χ3n) is 3.88. The van der Waals surface area contributed by atoms with Crippen molar-refractivity contribution in [1.29, 1.82) is 0 Å². The van der Waals surface area contributed by atoms with Crippen LogP contribution in [0.4, 0.5) is 5.69 Å². The smallest absolute Gasteiger partial charge is 0.234 e. The van der Waals surface area contributed by atoms with E-state index in [0.717, 1.165) is 5.75 Å². The molecule has 1 amide bonds. The molecule has 146 valence electrons. The number of furan rings is 2. The number of benzene rings is 1. The summed E-state index contributed by atoms with van der Waals surface area (Å²) in [6.07, 6.45) is 3.10. The summed E-state index contributed by atoms with van der Waals surface area (Å²) in [6.45, 7) is 0. The van der Waals surface area contributed by atoms with Crippen LogP contribution in [0.3, 0.4) is 0 Å². The molecule has 0 aliphatic rings. The van der Waals surface area contributed by atoms with Crippen LogP contribution in [0, 0.1) is 0 Å². The molecule has 1 aromatic carbocycles. The minimum Gasteiger partial charge on any atom is -0.497 e. The lowest BCUT2D eigenvalue weighted by Crippen LogP contribution is -2.14. The highest BCUT2D eigenvalue weighted by atomic mass is 32.2. The number of aromatic nitrogens is 3. The van der Waals surface area contributed by atoms with Crippen LogP contribution in [0.2, 0.25) is 0 Å². The zero-order chi connectivity index (χ0) is 20.1. The van der Waals surface area contributed by atoms with Crippen LogP contribution in [-0.4, -0.2) is 34.0 Å². The van der Waals surface area contributed by atoms with Gasteiger partial charge in [0.1, 0.15) is 11.4 Å². The standard InChI is InChI=1S/C20H16N4O4S/c1-26-14-8-6-13(7-9-14)21-17(25)12-29-20-22-18(15-4-2-10-27-15)19(23-24-20)16-5-3-11-28-16/h2-11H,12H2,1H3,(H,21,25). The topological polar surface area (TPSA) is 103 Å². The van der Waals surface area contributed by atoms with Crippen molar-refractivity contribution in [2.45, 2.75) is 5.16 Å². The van der Waals surface area contributed by atoms with Gasteiger partial charge in [-0.25, -0.2) is 4.98 Å². The van der Waals surface area contributed by atoms with Gasteiger partial charge in [-0.3, -0.25) is 4.79 Å². The van der Waals surface area contributed by atoms with Crippen LogP contribution < -0.4 is 10.1 Å². The number of anilines is 1. The number of ether oxygens (including phenoxy) is 1. The fourth-order valence-corrected chi connectivity index (χ4v) is 3.12. The summed E-state index contributed by atoms with van der Waals surface area (Å²) in [5.74, 6) is 1.74. The Morgan fingerprint density at radius 3 is 2.31 bits per heavy atom. The van der Waals surface area contributed by atoms with Crippen molar-refractivity contribution < 1.29 is 18.4 Å². The summed E-state index contributed by atoms with van der Waals surface area (Å²) in [4.78, 5) is 16.7. The Morgan fingerprint density at radius 2 is 1.69 bits per heavy atom.